The number of aliphatic imine (C=N–C) groups is 1. The minimum atomic E-state index is 0.507. The van der Waals surface area contributed by atoms with Crippen molar-refractivity contribution in [1.29, 1.82) is 0 Å². The van der Waals surface area contributed by atoms with Crippen molar-refractivity contribution in [3.05, 3.63) is 0 Å². The zero-order chi connectivity index (χ0) is 14.4. The molecular weight excluding hydrogens is 250 g/mol. The number of likely N-dealkylation sites (tertiary alicyclic amines) is 1. The highest BCUT2D eigenvalue weighted by atomic mass is 16.5. The number of guanidine groups is 1. The number of hydrogen-bond acceptors (Lipinski definition) is 2. The maximum Gasteiger partial charge on any atom is 0.193 e. The lowest BCUT2D eigenvalue weighted by Crippen LogP contribution is -2.41. The van der Waals surface area contributed by atoms with Gasteiger partial charge in [-0.25, -0.2) is 0 Å². The van der Waals surface area contributed by atoms with Crippen LogP contribution in [-0.4, -0.2) is 50.3 Å². The molecule has 2 fully saturated rings. The van der Waals surface area contributed by atoms with Crippen LogP contribution in [-0.2, 0) is 4.74 Å². The summed E-state index contributed by atoms with van der Waals surface area (Å²) < 4.78 is 5.44. The van der Waals surface area contributed by atoms with E-state index in [1.807, 2.05) is 0 Å². The average molecular weight is 281 g/mol. The lowest BCUT2D eigenvalue weighted by molar-refractivity contribution is 0.187. The fourth-order valence-corrected chi connectivity index (χ4v) is 3.31. The summed E-state index contributed by atoms with van der Waals surface area (Å²) in [5.41, 5.74) is 0.507. The molecule has 4 heteroatoms. The Labute approximate surface area is 124 Å². The maximum absolute atomic E-state index is 5.44. The highest BCUT2D eigenvalue weighted by molar-refractivity contribution is 5.80. The van der Waals surface area contributed by atoms with E-state index in [0.29, 0.717) is 11.3 Å². The van der Waals surface area contributed by atoms with Gasteiger partial charge in [-0.05, 0) is 38.0 Å². The van der Waals surface area contributed by atoms with Gasteiger partial charge in [-0.15, -0.1) is 0 Å². The molecule has 1 unspecified atom stereocenters. The van der Waals surface area contributed by atoms with E-state index in [0.717, 1.165) is 51.8 Å². The van der Waals surface area contributed by atoms with Gasteiger partial charge in [0, 0.05) is 38.7 Å². The molecule has 2 saturated heterocycles. The van der Waals surface area contributed by atoms with Crippen molar-refractivity contribution in [1.82, 2.24) is 10.2 Å². The van der Waals surface area contributed by atoms with Gasteiger partial charge in [-0.1, -0.05) is 13.8 Å². The zero-order valence-corrected chi connectivity index (χ0v) is 13.5. The van der Waals surface area contributed by atoms with Crippen molar-refractivity contribution in [3.8, 4) is 0 Å². The molecule has 0 amide bonds. The molecule has 1 N–H and O–H groups in total. The monoisotopic (exact) mass is 281 g/mol. The molecule has 0 aromatic rings. The van der Waals surface area contributed by atoms with Crippen LogP contribution in [0.4, 0.5) is 0 Å². The van der Waals surface area contributed by atoms with Crippen LogP contribution >= 0.6 is 0 Å². The van der Waals surface area contributed by atoms with E-state index in [4.69, 9.17) is 9.73 Å². The second-order valence-electron chi connectivity index (χ2n) is 6.30. The SMILES string of the molecule is CCNC(=NCC1CCOC1)N1CCC(CC)(CC)C1. The summed E-state index contributed by atoms with van der Waals surface area (Å²) in [7, 11) is 0. The molecule has 2 heterocycles. The molecule has 20 heavy (non-hydrogen) atoms. The molecular formula is C16H31N3O. The number of nitrogens with one attached hydrogen (secondary N) is 1. The lowest BCUT2D eigenvalue weighted by atomic mass is 9.82. The van der Waals surface area contributed by atoms with Crippen LogP contribution in [0.3, 0.4) is 0 Å². The van der Waals surface area contributed by atoms with Crippen LogP contribution in [0.5, 0.6) is 0 Å². The molecule has 0 bridgehead atoms. The Kier molecular flexibility index (Phi) is 5.70. The number of hydrogen-bond donors (Lipinski definition) is 1. The molecule has 4 nitrogen and oxygen atoms in total. The summed E-state index contributed by atoms with van der Waals surface area (Å²) in [5.74, 6) is 1.73. The van der Waals surface area contributed by atoms with Crippen LogP contribution in [0.15, 0.2) is 4.99 Å². The quantitative estimate of drug-likeness (QED) is 0.621. The van der Waals surface area contributed by atoms with Crippen LogP contribution < -0.4 is 5.32 Å². The van der Waals surface area contributed by atoms with Crippen LogP contribution in [0.25, 0.3) is 0 Å². The van der Waals surface area contributed by atoms with Crippen molar-refractivity contribution in [3.63, 3.8) is 0 Å². The first-order chi connectivity index (χ1) is 9.73. The third kappa shape index (κ3) is 3.66. The van der Waals surface area contributed by atoms with Gasteiger partial charge < -0.3 is 15.0 Å². The molecule has 2 aliphatic rings. The Morgan fingerprint density at radius 2 is 2.15 bits per heavy atom. The standard InChI is InChI=1S/C16H31N3O/c1-4-16(5-2)8-9-19(13-16)15(17-6-3)18-11-14-7-10-20-12-14/h14H,4-13H2,1-3H3,(H,17,18). The topological polar surface area (TPSA) is 36.9 Å². The van der Waals surface area contributed by atoms with Gasteiger partial charge in [0.2, 0.25) is 0 Å². The Bertz CT molecular complexity index is 320. The maximum atomic E-state index is 5.44. The first kappa shape index (κ1) is 15.6. The van der Waals surface area contributed by atoms with E-state index < -0.39 is 0 Å². The molecule has 0 saturated carbocycles. The lowest BCUT2D eigenvalue weighted by Gasteiger charge is -2.28. The van der Waals surface area contributed by atoms with Gasteiger partial charge in [0.05, 0.1) is 6.61 Å². The third-order valence-corrected chi connectivity index (χ3v) is 5.10. The molecule has 116 valence electrons. The van der Waals surface area contributed by atoms with Crippen LogP contribution in [0.2, 0.25) is 0 Å². The van der Waals surface area contributed by atoms with Crippen molar-refractivity contribution >= 4 is 5.96 Å². The van der Waals surface area contributed by atoms with Crippen molar-refractivity contribution < 1.29 is 4.74 Å². The van der Waals surface area contributed by atoms with Gasteiger partial charge in [0.25, 0.3) is 0 Å². The van der Waals surface area contributed by atoms with E-state index in [1.54, 1.807) is 0 Å². The summed E-state index contributed by atoms with van der Waals surface area (Å²) in [5, 5.41) is 3.47. The van der Waals surface area contributed by atoms with E-state index in [1.165, 1.54) is 19.3 Å². The zero-order valence-electron chi connectivity index (χ0n) is 13.5. The largest absolute Gasteiger partial charge is 0.381 e. The molecule has 2 rings (SSSR count). The Balaban J connectivity index is 1.95. The smallest absolute Gasteiger partial charge is 0.193 e. The Hall–Kier alpha value is -0.770. The summed E-state index contributed by atoms with van der Waals surface area (Å²) in [6.45, 7) is 12.8. The first-order valence-electron chi connectivity index (χ1n) is 8.34. The highest BCUT2D eigenvalue weighted by Gasteiger charge is 2.36. The predicted molar refractivity (Wildman–Crippen MR) is 84.1 cm³/mol. The van der Waals surface area contributed by atoms with Crippen LogP contribution in [0.1, 0.15) is 46.5 Å². The molecule has 0 aromatic heterocycles. The fourth-order valence-electron chi connectivity index (χ4n) is 3.31. The predicted octanol–water partition coefficient (Wildman–Crippen LogP) is 2.50. The Morgan fingerprint density at radius 1 is 1.35 bits per heavy atom. The van der Waals surface area contributed by atoms with Gasteiger partial charge >= 0.3 is 0 Å². The summed E-state index contributed by atoms with van der Waals surface area (Å²) in [4.78, 5) is 7.33. The fraction of sp³-hybridized carbons (Fsp3) is 0.938. The molecule has 0 spiro atoms. The van der Waals surface area contributed by atoms with Crippen molar-refractivity contribution in [2.24, 2.45) is 16.3 Å². The van der Waals surface area contributed by atoms with Crippen molar-refractivity contribution in [2.75, 3.05) is 39.4 Å². The molecule has 0 radical (unpaired) electrons. The molecule has 1 atom stereocenters. The third-order valence-electron chi connectivity index (χ3n) is 5.10. The van der Waals surface area contributed by atoms with Gasteiger partial charge in [0.15, 0.2) is 5.96 Å². The second kappa shape index (κ2) is 7.30. The average Bonchev–Trinajstić information content (AvgIpc) is 3.13. The highest BCUT2D eigenvalue weighted by Crippen LogP contribution is 2.36. The summed E-state index contributed by atoms with van der Waals surface area (Å²) >= 11 is 0. The molecule has 0 aliphatic carbocycles. The number of nitrogens with zero attached hydrogens (tertiary/aromatic N) is 2. The number of rotatable bonds is 5. The normalized spacial score (nSPS) is 26.2. The molecule has 0 aromatic carbocycles. The van der Waals surface area contributed by atoms with Crippen LogP contribution in [0, 0.1) is 11.3 Å². The Morgan fingerprint density at radius 3 is 2.70 bits per heavy atom. The van der Waals surface area contributed by atoms with E-state index >= 15 is 0 Å². The van der Waals surface area contributed by atoms with E-state index in [9.17, 15) is 0 Å². The summed E-state index contributed by atoms with van der Waals surface area (Å²) in [6.07, 6.45) is 5.01. The summed E-state index contributed by atoms with van der Waals surface area (Å²) in [6, 6.07) is 0. The minimum Gasteiger partial charge on any atom is -0.381 e. The van der Waals surface area contributed by atoms with Gasteiger partial charge in [0.1, 0.15) is 0 Å². The number of ether oxygens (including phenoxy) is 1. The second-order valence-corrected chi connectivity index (χ2v) is 6.30. The molecule has 2 aliphatic heterocycles. The van der Waals surface area contributed by atoms with E-state index in [-0.39, 0.29) is 0 Å². The van der Waals surface area contributed by atoms with E-state index in [2.05, 4.69) is 31.0 Å². The van der Waals surface area contributed by atoms with Gasteiger partial charge in [-0.2, -0.15) is 0 Å². The van der Waals surface area contributed by atoms with Gasteiger partial charge in [-0.3, -0.25) is 4.99 Å². The minimum absolute atomic E-state index is 0.507. The van der Waals surface area contributed by atoms with Crippen molar-refractivity contribution in [2.45, 2.75) is 46.5 Å². The first-order valence-corrected chi connectivity index (χ1v) is 8.34.